The van der Waals surface area contributed by atoms with E-state index < -0.39 is 86.7 Å². The summed E-state index contributed by atoms with van der Waals surface area (Å²) >= 11 is 0. The average Bonchev–Trinajstić information content (AvgIpc) is 2.73. The quantitative estimate of drug-likeness (QED) is 0.175. The van der Waals surface area contributed by atoms with Gasteiger partial charge in [0, 0.05) is 23.5 Å². The third-order valence-corrected chi connectivity index (χ3v) is 7.17. The number of aliphatic hydroxyl groups is 3. The molecule has 34 heavy (non-hydrogen) atoms. The summed E-state index contributed by atoms with van der Waals surface area (Å²) in [6.07, 6.45) is -1.45. The number of phenols is 1. The zero-order chi connectivity index (χ0) is 25.4. The number of aromatic hydroxyl groups is 1. The van der Waals surface area contributed by atoms with Crippen LogP contribution >= 0.6 is 0 Å². The van der Waals surface area contributed by atoms with Crippen molar-refractivity contribution >= 4 is 28.9 Å². The lowest BCUT2D eigenvalue weighted by molar-refractivity contribution is -0.385. The molecule has 0 bridgehead atoms. The van der Waals surface area contributed by atoms with Crippen LogP contribution in [-0.4, -0.2) is 74.0 Å². The standard InChI is InChI=1S/C22H23N3O9/c1-6-7-4-5-8(25(33)34)16(26)10(7)18(28)12-9(6)17(27)11-13(19(12)29)20(30)14(22(23)32)21(31)15(11)24(2)3/h4-6,9,11,13,15,17,26-28,31H,1-3H3,(H2,23,32). The number of carbonyl (C=O) groups excluding carboxylic acids is 3. The number of benzene rings is 1. The molecule has 1 aromatic carbocycles. The summed E-state index contributed by atoms with van der Waals surface area (Å²) in [6, 6.07) is 1.28. The molecule has 0 aromatic heterocycles. The van der Waals surface area contributed by atoms with Gasteiger partial charge in [-0.1, -0.05) is 13.0 Å². The summed E-state index contributed by atoms with van der Waals surface area (Å²) < 4.78 is 0. The maximum atomic E-state index is 13.6. The van der Waals surface area contributed by atoms with Crippen molar-refractivity contribution in [2.45, 2.75) is 25.0 Å². The van der Waals surface area contributed by atoms with Crippen LogP contribution in [-0.2, 0) is 14.4 Å². The number of carbonyl (C=O) groups is 3. The van der Waals surface area contributed by atoms with Gasteiger partial charge < -0.3 is 26.2 Å². The summed E-state index contributed by atoms with van der Waals surface area (Å²) in [5.41, 5.74) is 3.40. The fraction of sp³-hybridized carbons (Fsp3) is 0.409. The Balaban J connectivity index is 1.99. The third-order valence-electron chi connectivity index (χ3n) is 7.17. The van der Waals surface area contributed by atoms with E-state index in [4.69, 9.17) is 5.73 Å². The van der Waals surface area contributed by atoms with Crippen molar-refractivity contribution in [1.29, 1.82) is 0 Å². The molecule has 1 fully saturated rings. The second kappa shape index (κ2) is 7.64. The van der Waals surface area contributed by atoms with E-state index in [0.717, 1.165) is 6.07 Å². The monoisotopic (exact) mass is 473 g/mol. The van der Waals surface area contributed by atoms with Gasteiger partial charge in [0.1, 0.15) is 17.1 Å². The van der Waals surface area contributed by atoms with Gasteiger partial charge in [0.25, 0.3) is 5.91 Å². The second-order valence-corrected chi connectivity index (χ2v) is 9.04. The Kier molecular flexibility index (Phi) is 5.25. The molecule has 1 aromatic rings. The predicted molar refractivity (Wildman–Crippen MR) is 116 cm³/mol. The van der Waals surface area contributed by atoms with Gasteiger partial charge in [-0.25, -0.2) is 0 Å². The molecule has 3 aliphatic carbocycles. The fourth-order valence-corrected chi connectivity index (χ4v) is 5.75. The van der Waals surface area contributed by atoms with Crippen molar-refractivity contribution in [3.63, 3.8) is 0 Å². The molecule has 0 aliphatic heterocycles. The van der Waals surface area contributed by atoms with Gasteiger partial charge >= 0.3 is 5.69 Å². The Morgan fingerprint density at radius 3 is 2.29 bits per heavy atom. The number of ketones is 2. The minimum atomic E-state index is -1.65. The first-order chi connectivity index (χ1) is 15.8. The number of nitrogens with two attached hydrogens (primary N) is 1. The summed E-state index contributed by atoms with van der Waals surface area (Å²) in [5.74, 6) is -10.1. The molecule has 0 radical (unpaired) electrons. The van der Waals surface area contributed by atoms with E-state index in [1.807, 2.05) is 0 Å². The molecule has 4 rings (SSSR count). The van der Waals surface area contributed by atoms with E-state index in [9.17, 15) is 44.9 Å². The smallest absolute Gasteiger partial charge is 0.311 e. The molecule has 6 atom stereocenters. The minimum absolute atomic E-state index is 0.265. The van der Waals surface area contributed by atoms with Crippen LogP contribution in [0.15, 0.2) is 29.0 Å². The molecule has 1 saturated carbocycles. The number of nitro benzene ring substituents is 1. The lowest BCUT2D eigenvalue weighted by Gasteiger charge is -2.50. The number of primary amides is 1. The lowest BCUT2D eigenvalue weighted by Crippen LogP contribution is -2.61. The number of likely N-dealkylation sites (N-methyl/N-ethyl adjacent to an activating group) is 1. The van der Waals surface area contributed by atoms with E-state index >= 15 is 0 Å². The van der Waals surface area contributed by atoms with Crippen molar-refractivity contribution < 1.29 is 39.7 Å². The topological polar surface area (TPSA) is 205 Å². The average molecular weight is 473 g/mol. The van der Waals surface area contributed by atoms with Gasteiger partial charge in [-0.05, 0) is 25.6 Å². The van der Waals surface area contributed by atoms with Crippen molar-refractivity contribution in [3.05, 3.63) is 50.3 Å². The van der Waals surface area contributed by atoms with E-state index in [1.54, 1.807) is 6.92 Å². The van der Waals surface area contributed by atoms with Gasteiger partial charge in [0.2, 0.25) is 5.75 Å². The molecular weight excluding hydrogens is 450 g/mol. The Labute approximate surface area is 192 Å². The Morgan fingerprint density at radius 1 is 1.15 bits per heavy atom. The number of Topliss-reactive ketones (excluding diaryl/α,β-unsaturated/α-hetero) is 2. The summed E-state index contributed by atoms with van der Waals surface area (Å²) in [6.45, 7) is 1.61. The van der Waals surface area contributed by atoms with E-state index in [-0.39, 0.29) is 16.7 Å². The van der Waals surface area contributed by atoms with E-state index in [1.165, 1.54) is 25.1 Å². The van der Waals surface area contributed by atoms with Crippen LogP contribution in [0.25, 0.3) is 5.76 Å². The molecule has 0 saturated heterocycles. The van der Waals surface area contributed by atoms with Crippen LogP contribution in [0.1, 0.15) is 24.0 Å². The van der Waals surface area contributed by atoms with Gasteiger partial charge in [-0.15, -0.1) is 0 Å². The number of fused-ring (bicyclic) bond motifs is 3. The maximum absolute atomic E-state index is 13.6. The lowest BCUT2D eigenvalue weighted by atomic mass is 9.56. The molecule has 180 valence electrons. The van der Waals surface area contributed by atoms with Crippen molar-refractivity contribution in [2.75, 3.05) is 14.1 Å². The van der Waals surface area contributed by atoms with Crippen LogP contribution in [0.4, 0.5) is 5.69 Å². The van der Waals surface area contributed by atoms with Crippen LogP contribution in [0.2, 0.25) is 0 Å². The largest absolute Gasteiger partial charge is 0.510 e. The number of aliphatic hydroxyl groups excluding tert-OH is 3. The molecule has 6 N–H and O–H groups in total. The zero-order valence-corrected chi connectivity index (χ0v) is 18.4. The molecule has 3 aliphatic rings. The molecule has 0 heterocycles. The zero-order valence-electron chi connectivity index (χ0n) is 18.4. The number of rotatable bonds is 3. The molecule has 12 nitrogen and oxygen atoms in total. The summed E-state index contributed by atoms with van der Waals surface area (Å²) in [4.78, 5) is 50.6. The fourth-order valence-electron chi connectivity index (χ4n) is 5.75. The van der Waals surface area contributed by atoms with Gasteiger partial charge in [0.05, 0.1) is 28.6 Å². The first kappa shape index (κ1) is 23.4. The van der Waals surface area contributed by atoms with Crippen molar-refractivity contribution in [2.24, 2.45) is 23.5 Å². The highest BCUT2D eigenvalue weighted by Crippen LogP contribution is 2.55. The summed E-state index contributed by atoms with van der Waals surface area (Å²) in [7, 11) is 3.06. The maximum Gasteiger partial charge on any atom is 0.311 e. The van der Waals surface area contributed by atoms with Crippen LogP contribution in [0, 0.1) is 27.9 Å². The Bertz CT molecular complexity index is 1230. The van der Waals surface area contributed by atoms with Crippen molar-refractivity contribution in [1.82, 2.24) is 4.90 Å². The SMILES string of the molecule is CC1c2ccc([N+](=O)[O-])c(O)c2C(O)=C2C(=O)C3C(=O)C(C(N)=O)=C(O)C(N(C)C)C3C(O)C21. The van der Waals surface area contributed by atoms with Crippen LogP contribution < -0.4 is 5.73 Å². The van der Waals surface area contributed by atoms with Gasteiger partial charge in [-0.2, -0.15) is 0 Å². The Morgan fingerprint density at radius 2 is 1.76 bits per heavy atom. The first-order valence-corrected chi connectivity index (χ1v) is 10.4. The highest BCUT2D eigenvalue weighted by molar-refractivity contribution is 6.28. The first-order valence-electron chi connectivity index (χ1n) is 10.4. The van der Waals surface area contributed by atoms with E-state index in [0.29, 0.717) is 0 Å². The molecule has 6 unspecified atom stereocenters. The summed E-state index contributed by atoms with van der Waals surface area (Å²) in [5, 5.41) is 54.9. The van der Waals surface area contributed by atoms with Crippen LogP contribution in [0.5, 0.6) is 5.75 Å². The molecule has 0 spiro atoms. The highest BCUT2D eigenvalue weighted by Gasteiger charge is 2.60. The number of nitro groups is 1. The highest BCUT2D eigenvalue weighted by atomic mass is 16.6. The molecule has 1 amide bonds. The third kappa shape index (κ3) is 2.88. The second-order valence-electron chi connectivity index (χ2n) is 9.04. The van der Waals surface area contributed by atoms with Crippen molar-refractivity contribution in [3.8, 4) is 5.75 Å². The van der Waals surface area contributed by atoms with Crippen LogP contribution in [0.3, 0.4) is 0 Å². The molecule has 12 heteroatoms. The number of hydrogen-bond donors (Lipinski definition) is 5. The van der Waals surface area contributed by atoms with E-state index in [2.05, 4.69) is 0 Å². The minimum Gasteiger partial charge on any atom is -0.510 e. The number of amides is 1. The number of phenolic OH excluding ortho intramolecular Hbond substituents is 1. The molecular formula is C22H23N3O9. The number of hydrogen-bond acceptors (Lipinski definition) is 10. The predicted octanol–water partition coefficient (Wildman–Crippen LogP) is 0.289. The Hall–Kier alpha value is -3.77. The van der Waals surface area contributed by atoms with Gasteiger partial charge in [-0.3, -0.25) is 29.4 Å². The number of nitrogens with zero attached hydrogens (tertiary/aromatic N) is 2. The normalized spacial score (nSPS) is 30.7. The van der Waals surface area contributed by atoms with Gasteiger partial charge in [0.15, 0.2) is 11.6 Å².